The van der Waals surface area contributed by atoms with Gasteiger partial charge in [-0.15, -0.1) is 0 Å². The first kappa shape index (κ1) is 13.6. The van der Waals surface area contributed by atoms with Crippen LogP contribution in [0.15, 0.2) is 12.2 Å². The van der Waals surface area contributed by atoms with Crippen molar-refractivity contribution in [3.8, 4) is 0 Å². The van der Waals surface area contributed by atoms with Gasteiger partial charge in [-0.25, -0.2) is 0 Å². The van der Waals surface area contributed by atoms with Crippen LogP contribution in [0.4, 0.5) is 0 Å². The van der Waals surface area contributed by atoms with Crippen molar-refractivity contribution in [1.82, 2.24) is 0 Å². The predicted molar refractivity (Wildman–Crippen MR) is 73.3 cm³/mol. The van der Waals surface area contributed by atoms with Gasteiger partial charge >= 0.3 is 5.97 Å². The molecule has 2 aliphatic carbocycles. The van der Waals surface area contributed by atoms with Crippen LogP contribution in [0.1, 0.15) is 59.3 Å². The molecule has 2 aliphatic rings. The largest absolute Gasteiger partial charge is 0.481 e. The monoisotopic (exact) mass is 250 g/mol. The number of hydrogen-bond donors (Lipinski definition) is 1. The molecule has 0 bridgehead atoms. The fraction of sp³-hybridized carbons (Fsp3) is 0.812. The van der Waals surface area contributed by atoms with Crippen molar-refractivity contribution < 1.29 is 9.90 Å². The molecule has 0 radical (unpaired) electrons. The van der Waals surface area contributed by atoms with E-state index in [9.17, 15) is 9.90 Å². The molecule has 1 N–H and O–H groups in total. The normalized spacial score (nSPS) is 39.8. The molecule has 1 spiro atoms. The first-order chi connectivity index (χ1) is 8.31. The number of hydrogen-bond acceptors (Lipinski definition) is 1. The zero-order chi connectivity index (χ0) is 13.6. The maximum Gasteiger partial charge on any atom is 0.307 e. The van der Waals surface area contributed by atoms with E-state index in [-0.39, 0.29) is 16.7 Å². The molecule has 18 heavy (non-hydrogen) atoms. The lowest BCUT2D eigenvalue weighted by Gasteiger charge is -2.59. The third-order valence-electron chi connectivity index (χ3n) is 5.88. The summed E-state index contributed by atoms with van der Waals surface area (Å²) in [6.45, 7) is 10.9. The summed E-state index contributed by atoms with van der Waals surface area (Å²) in [4.78, 5) is 11.8. The van der Waals surface area contributed by atoms with E-state index in [4.69, 9.17) is 0 Å². The molecule has 0 aromatic carbocycles. The fourth-order valence-electron chi connectivity index (χ4n) is 4.85. The summed E-state index contributed by atoms with van der Waals surface area (Å²) in [5, 5.41) is 9.68. The van der Waals surface area contributed by atoms with Crippen LogP contribution in [0.5, 0.6) is 0 Å². The highest BCUT2D eigenvalue weighted by Gasteiger charge is 2.58. The second-order valence-electron chi connectivity index (χ2n) is 7.06. The number of carboxylic acid groups (broad SMARTS) is 1. The molecule has 2 heteroatoms. The first-order valence-electron chi connectivity index (χ1n) is 7.21. The summed E-state index contributed by atoms with van der Waals surface area (Å²) >= 11 is 0. The van der Waals surface area contributed by atoms with E-state index in [0.717, 1.165) is 24.8 Å². The van der Waals surface area contributed by atoms with Crippen LogP contribution in [0, 0.1) is 22.7 Å². The molecule has 2 nitrogen and oxygen atoms in total. The van der Waals surface area contributed by atoms with Crippen LogP contribution in [0.25, 0.3) is 0 Å². The van der Waals surface area contributed by atoms with Gasteiger partial charge in [-0.3, -0.25) is 4.79 Å². The average Bonchev–Trinajstić information content (AvgIpc) is 2.26. The van der Waals surface area contributed by atoms with Crippen LogP contribution >= 0.6 is 0 Å². The van der Waals surface area contributed by atoms with E-state index in [1.807, 2.05) is 0 Å². The van der Waals surface area contributed by atoms with Gasteiger partial charge in [0.25, 0.3) is 0 Å². The predicted octanol–water partition coefficient (Wildman–Crippen LogP) is 4.26. The minimum Gasteiger partial charge on any atom is -0.481 e. The second-order valence-corrected chi connectivity index (χ2v) is 7.06. The Bertz CT molecular complexity index is 369. The number of aliphatic carboxylic acids is 1. The van der Waals surface area contributed by atoms with Crippen molar-refractivity contribution in [3.63, 3.8) is 0 Å². The number of rotatable bonds is 1. The lowest BCUT2D eigenvalue weighted by Crippen LogP contribution is -2.55. The highest BCUT2D eigenvalue weighted by atomic mass is 16.4. The zero-order valence-electron chi connectivity index (χ0n) is 12.0. The minimum absolute atomic E-state index is 0.0295. The Morgan fingerprint density at radius 2 is 2.06 bits per heavy atom. The first-order valence-corrected chi connectivity index (χ1v) is 7.21. The van der Waals surface area contributed by atoms with Crippen molar-refractivity contribution in [1.29, 1.82) is 0 Å². The smallest absolute Gasteiger partial charge is 0.307 e. The molecular weight excluding hydrogens is 224 g/mol. The molecular formula is C16H26O2. The number of allylic oxidation sites excluding steroid dienone is 1. The fourth-order valence-corrected chi connectivity index (χ4v) is 4.85. The lowest BCUT2D eigenvalue weighted by molar-refractivity contribution is -0.164. The molecule has 2 rings (SSSR count). The van der Waals surface area contributed by atoms with Gasteiger partial charge in [-0.1, -0.05) is 45.8 Å². The molecule has 0 amide bonds. The van der Waals surface area contributed by atoms with Crippen LogP contribution in [-0.4, -0.2) is 11.1 Å². The van der Waals surface area contributed by atoms with E-state index in [1.165, 1.54) is 12.8 Å². The maximum atomic E-state index is 11.8. The van der Waals surface area contributed by atoms with Gasteiger partial charge in [-0.2, -0.15) is 0 Å². The van der Waals surface area contributed by atoms with E-state index < -0.39 is 5.97 Å². The van der Waals surface area contributed by atoms with Crippen LogP contribution in [0.3, 0.4) is 0 Å². The Kier molecular flexibility index (Phi) is 3.33. The summed E-state index contributed by atoms with van der Waals surface area (Å²) in [6.07, 6.45) is 6.29. The molecule has 2 saturated carbocycles. The molecule has 0 aromatic rings. The molecule has 0 heterocycles. The Balaban J connectivity index is 2.46. The third kappa shape index (κ3) is 1.81. The van der Waals surface area contributed by atoms with Crippen LogP contribution in [0.2, 0.25) is 0 Å². The summed E-state index contributed by atoms with van der Waals surface area (Å²) in [5.41, 5.74) is 1.23. The van der Waals surface area contributed by atoms with Gasteiger partial charge < -0.3 is 5.11 Å². The van der Waals surface area contributed by atoms with Gasteiger partial charge in [0, 0.05) is 0 Å². The maximum absolute atomic E-state index is 11.8. The number of carbonyl (C=O) groups is 1. The third-order valence-corrected chi connectivity index (χ3v) is 5.88. The van der Waals surface area contributed by atoms with Gasteiger partial charge in [0.15, 0.2) is 0 Å². The minimum atomic E-state index is -0.613. The lowest BCUT2D eigenvalue weighted by atomic mass is 9.44. The van der Waals surface area contributed by atoms with Crippen LogP contribution in [-0.2, 0) is 4.79 Å². The topological polar surface area (TPSA) is 37.3 Å². The molecule has 0 saturated heterocycles. The Morgan fingerprint density at radius 1 is 1.39 bits per heavy atom. The molecule has 0 aliphatic heterocycles. The summed E-state index contributed by atoms with van der Waals surface area (Å²) in [7, 11) is 0. The summed E-state index contributed by atoms with van der Waals surface area (Å²) in [5.74, 6) is -0.336. The molecule has 3 unspecified atom stereocenters. The molecule has 2 fully saturated rings. The molecule has 3 atom stereocenters. The average molecular weight is 250 g/mol. The van der Waals surface area contributed by atoms with Crippen molar-refractivity contribution in [2.24, 2.45) is 22.7 Å². The summed E-state index contributed by atoms with van der Waals surface area (Å²) < 4.78 is 0. The van der Waals surface area contributed by atoms with Crippen molar-refractivity contribution in [2.45, 2.75) is 59.3 Å². The SMILES string of the molecule is C=C1CCC2(C(C)CCCC2(C)C)C(C(=O)O)C1. The van der Waals surface area contributed by atoms with E-state index >= 15 is 0 Å². The van der Waals surface area contributed by atoms with Crippen molar-refractivity contribution in [2.75, 3.05) is 0 Å². The van der Waals surface area contributed by atoms with E-state index in [1.54, 1.807) is 0 Å². The van der Waals surface area contributed by atoms with Gasteiger partial charge in [0.2, 0.25) is 0 Å². The Labute approximate surface area is 110 Å². The van der Waals surface area contributed by atoms with Gasteiger partial charge in [0.05, 0.1) is 5.92 Å². The molecule has 0 aromatic heterocycles. The van der Waals surface area contributed by atoms with E-state index in [0.29, 0.717) is 12.3 Å². The number of carboxylic acids is 1. The van der Waals surface area contributed by atoms with Crippen LogP contribution < -0.4 is 0 Å². The Morgan fingerprint density at radius 3 is 2.61 bits per heavy atom. The van der Waals surface area contributed by atoms with Crippen molar-refractivity contribution >= 4 is 5.97 Å². The molecule has 102 valence electrons. The highest BCUT2D eigenvalue weighted by molar-refractivity contribution is 5.72. The Hall–Kier alpha value is -0.790. The second kappa shape index (κ2) is 4.40. The van der Waals surface area contributed by atoms with Crippen molar-refractivity contribution in [3.05, 3.63) is 12.2 Å². The quantitative estimate of drug-likeness (QED) is 0.706. The standard InChI is InChI=1S/C16H26O2/c1-11-7-9-16(13(10-11)14(17)18)12(2)6-5-8-15(16,3)4/h12-13H,1,5-10H2,2-4H3,(H,17,18). The van der Waals surface area contributed by atoms with E-state index in [2.05, 4.69) is 27.4 Å². The van der Waals surface area contributed by atoms with Gasteiger partial charge in [0.1, 0.15) is 0 Å². The van der Waals surface area contributed by atoms with Gasteiger partial charge in [-0.05, 0) is 42.4 Å². The highest BCUT2D eigenvalue weighted by Crippen LogP contribution is 2.63. The summed E-state index contributed by atoms with van der Waals surface area (Å²) in [6, 6.07) is 0. The zero-order valence-corrected chi connectivity index (χ0v) is 12.0.